The lowest BCUT2D eigenvalue weighted by Crippen LogP contribution is -2.50. The van der Waals surface area contributed by atoms with Crippen molar-refractivity contribution >= 4 is 5.82 Å². The topological polar surface area (TPSA) is 55.0 Å². The van der Waals surface area contributed by atoms with Crippen LogP contribution in [-0.4, -0.2) is 29.6 Å². The fraction of sp³-hybridized carbons (Fsp3) is 0.556. The van der Waals surface area contributed by atoms with E-state index in [4.69, 9.17) is 5.73 Å². The van der Waals surface area contributed by atoms with E-state index in [9.17, 15) is 4.39 Å². The van der Waals surface area contributed by atoms with Crippen LogP contribution in [0.25, 0.3) is 0 Å². The molecule has 0 aliphatic carbocycles. The summed E-state index contributed by atoms with van der Waals surface area (Å²) in [7, 11) is 0. The van der Waals surface area contributed by atoms with E-state index in [-0.39, 0.29) is 5.82 Å². The molecule has 1 aliphatic rings. The molecule has 0 saturated carbocycles. The zero-order valence-corrected chi connectivity index (χ0v) is 8.07. The van der Waals surface area contributed by atoms with Crippen molar-refractivity contribution in [2.45, 2.75) is 6.92 Å². The Labute approximate surface area is 82.0 Å². The summed E-state index contributed by atoms with van der Waals surface area (Å²) >= 11 is 0. The normalized spacial score (nSPS) is 16.9. The molecule has 0 radical (unpaired) electrons. The summed E-state index contributed by atoms with van der Waals surface area (Å²) in [6, 6.07) is 0. The van der Waals surface area contributed by atoms with E-state index in [2.05, 4.69) is 9.97 Å². The van der Waals surface area contributed by atoms with E-state index in [0.29, 0.717) is 24.0 Å². The van der Waals surface area contributed by atoms with E-state index in [1.165, 1.54) is 6.33 Å². The van der Waals surface area contributed by atoms with E-state index in [1.54, 1.807) is 6.92 Å². The third-order valence-corrected chi connectivity index (χ3v) is 2.54. The summed E-state index contributed by atoms with van der Waals surface area (Å²) in [5.41, 5.74) is 5.88. The van der Waals surface area contributed by atoms with Gasteiger partial charge in [0.05, 0.1) is 5.69 Å². The van der Waals surface area contributed by atoms with Crippen molar-refractivity contribution in [3.05, 3.63) is 17.8 Å². The lowest BCUT2D eigenvalue weighted by Gasteiger charge is -2.39. The van der Waals surface area contributed by atoms with Crippen molar-refractivity contribution in [3.8, 4) is 0 Å². The van der Waals surface area contributed by atoms with Gasteiger partial charge in [-0.3, -0.25) is 0 Å². The molecule has 0 amide bonds. The maximum Gasteiger partial charge on any atom is 0.186 e. The minimum Gasteiger partial charge on any atom is -0.353 e. The SMILES string of the molecule is Cc1ncnc(N2CC(CN)C2)c1F. The maximum atomic E-state index is 13.5. The number of halogens is 1. The number of hydrogen-bond acceptors (Lipinski definition) is 4. The Kier molecular flexibility index (Phi) is 2.33. The van der Waals surface area contributed by atoms with E-state index < -0.39 is 0 Å². The van der Waals surface area contributed by atoms with Gasteiger partial charge in [0.2, 0.25) is 0 Å². The monoisotopic (exact) mass is 196 g/mol. The summed E-state index contributed by atoms with van der Waals surface area (Å²) in [6.45, 7) is 3.89. The number of anilines is 1. The molecule has 0 atom stereocenters. The van der Waals surface area contributed by atoms with Crippen molar-refractivity contribution < 1.29 is 4.39 Å². The molecular weight excluding hydrogens is 183 g/mol. The van der Waals surface area contributed by atoms with Crippen LogP contribution < -0.4 is 10.6 Å². The van der Waals surface area contributed by atoms with Gasteiger partial charge >= 0.3 is 0 Å². The average Bonchev–Trinajstić information content (AvgIpc) is 2.10. The molecule has 76 valence electrons. The highest BCUT2D eigenvalue weighted by Crippen LogP contribution is 2.24. The summed E-state index contributed by atoms with van der Waals surface area (Å²) in [6.07, 6.45) is 1.39. The largest absolute Gasteiger partial charge is 0.353 e. The van der Waals surface area contributed by atoms with Crippen LogP contribution in [0.3, 0.4) is 0 Å². The summed E-state index contributed by atoms with van der Waals surface area (Å²) in [5, 5.41) is 0. The van der Waals surface area contributed by atoms with Gasteiger partial charge in [0.25, 0.3) is 0 Å². The lowest BCUT2D eigenvalue weighted by molar-refractivity contribution is 0.409. The first-order valence-corrected chi connectivity index (χ1v) is 4.64. The smallest absolute Gasteiger partial charge is 0.186 e. The first-order chi connectivity index (χ1) is 6.72. The molecule has 1 aromatic heterocycles. The zero-order chi connectivity index (χ0) is 10.1. The molecule has 4 nitrogen and oxygen atoms in total. The maximum absolute atomic E-state index is 13.5. The van der Waals surface area contributed by atoms with Gasteiger partial charge in [-0.25, -0.2) is 14.4 Å². The highest BCUT2D eigenvalue weighted by atomic mass is 19.1. The van der Waals surface area contributed by atoms with Gasteiger partial charge in [-0.15, -0.1) is 0 Å². The van der Waals surface area contributed by atoms with E-state index in [0.717, 1.165) is 13.1 Å². The van der Waals surface area contributed by atoms with Crippen LogP contribution in [0.2, 0.25) is 0 Å². The predicted molar refractivity (Wildman–Crippen MR) is 51.5 cm³/mol. The van der Waals surface area contributed by atoms with Crippen molar-refractivity contribution in [1.82, 2.24) is 9.97 Å². The predicted octanol–water partition coefficient (Wildman–Crippen LogP) is 0.319. The van der Waals surface area contributed by atoms with Crippen molar-refractivity contribution in [2.24, 2.45) is 11.7 Å². The number of hydrogen-bond donors (Lipinski definition) is 1. The fourth-order valence-corrected chi connectivity index (χ4v) is 1.56. The number of aryl methyl sites for hydroxylation is 1. The van der Waals surface area contributed by atoms with Crippen molar-refractivity contribution in [1.29, 1.82) is 0 Å². The molecule has 0 bridgehead atoms. The molecule has 1 aliphatic heterocycles. The highest BCUT2D eigenvalue weighted by Gasteiger charge is 2.28. The fourth-order valence-electron chi connectivity index (χ4n) is 1.56. The van der Waals surface area contributed by atoms with Crippen LogP contribution in [0.4, 0.5) is 10.2 Å². The van der Waals surface area contributed by atoms with Gasteiger partial charge in [0.15, 0.2) is 11.6 Å². The molecule has 2 N–H and O–H groups in total. The van der Waals surface area contributed by atoms with Crippen LogP contribution in [-0.2, 0) is 0 Å². The van der Waals surface area contributed by atoms with Crippen LogP contribution in [0.1, 0.15) is 5.69 Å². The first-order valence-electron chi connectivity index (χ1n) is 4.64. The van der Waals surface area contributed by atoms with Crippen LogP contribution >= 0.6 is 0 Å². The molecule has 0 spiro atoms. The Morgan fingerprint density at radius 2 is 2.29 bits per heavy atom. The molecule has 0 unspecified atom stereocenters. The molecule has 1 fully saturated rings. The van der Waals surface area contributed by atoms with E-state index in [1.807, 2.05) is 4.90 Å². The lowest BCUT2D eigenvalue weighted by atomic mass is 10.0. The number of aromatic nitrogens is 2. The molecule has 14 heavy (non-hydrogen) atoms. The van der Waals surface area contributed by atoms with Crippen LogP contribution in [0.5, 0.6) is 0 Å². The van der Waals surface area contributed by atoms with Gasteiger partial charge in [-0.1, -0.05) is 0 Å². The molecule has 1 aromatic rings. The Hall–Kier alpha value is -1.23. The first kappa shape index (κ1) is 9.33. The summed E-state index contributed by atoms with van der Waals surface area (Å²) < 4.78 is 13.5. The quantitative estimate of drug-likeness (QED) is 0.740. The third kappa shape index (κ3) is 1.43. The second-order valence-corrected chi connectivity index (χ2v) is 3.60. The molecule has 2 heterocycles. The number of nitrogens with zero attached hydrogens (tertiary/aromatic N) is 3. The van der Waals surface area contributed by atoms with Crippen molar-refractivity contribution in [2.75, 3.05) is 24.5 Å². The van der Waals surface area contributed by atoms with Gasteiger partial charge in [-0.2, -0.15) is 0 Å². The second kappa shape index (κ2) is 3.49. The van der Waals surface area contributed by atoms with E-state index >= 15 is 0 Å². The minimum atomic E-state index is -0.317. The molecule has 5 heteroatoms. The van der Waals surface area contributed by atoms with Crippen molar-refractivity contribution in [3.63, 3.8) is 0 Å². The van der Waals surface area contributed by atoms with Gasteiger partial charge in [-0.05, 0) is 13.5 Å². The Balaban J connectivity index is 2.14. The minimum absolute atomic E-state index is 0.317. The second-order valence-electron chi connectivity index (χ2n) is 3.60. The third-order valence-electron chi connectivity index (χ3n) is 2.54. The average molecular weight is 196 g/mol. The molecule has 2 rings (SSSR count). The Morgan fingerprint density at radius 3 is 2.93 bits per heavy atom. The molecule has 1 saturated heterocycles. The van der Waals surface area contributed by atoms with Crippen LogP contribution in [0.15, 0.2) is 6.33 Å². The Morgan fingerprint density at radius 1 is 1.57 bits per heavy atom. The summed E-state index contributed by atoms with van der Waals surface area (Å²) in [5.74, 6) is 0.565. The summed E-state index contributed by atoms with van der Waals surface area (Å²) in [4.78, 5) is 9.60. The number of rotatable bonds is 2. The molecular formula is C9H13FN4. The van der Waals surface area contributed by atoms with Gasteiger partial charge in [0, 0.05) is 19.0 Å². The Bertz CT molecular complexity index is 336. The van der Waals surface area contributed by atoms with Crippen LogP contribution in [0, 0.1) is 18.7 Å². The highest BCUT2D eigenvalue weighted by molar-refractivity contribution is 5.43. The number of nitrogens with two attached hydrogens (primary N) is 1. The van der Waals surface area contributed by atoms with Gasteiger partial charge < -0.3 is 10.6 Å². The molecule has 0 aromatic carbocycles. The zero-order valence-electron chi connectivity index (χ0n) is 8.07. The van der Waals surface area contributed by atoms with Gasteiger partial charge in [0.1, 0.15) is 6.33 Å². The standard InChI is InChI=1S/C9H13FN4/c1-6-8(10)9(13-5-12-6)14-3-7(2-11)4-14/h5,7H,2-4,11H2,1H3.